The third-order valence-electron chi connectivity index (χ3n) is 4.34. The van der Waals surface area contributed by atoms with Crippen LogP contribution in [0, 0.1) is 5.92 Å². The normalized spacial score (nSPS) is 15.2. The first-order valence-electron chi connectivity index (χ1n) is 8.36. The molecule has 2 aromatic rings. The van der Waals surface area contributed by atoms with Crippen LogP contribution in [0.5, 0.6) is 0 Å². The summed E-state index contributed by atoms with van der Waals surface area (Å²) >= 11 is 0. The van der Waals surface area contributed by atoms with Gasteiger partial charge in [0.25, 0.3) is 0 Å². The molecule has 6 nitrogen and oxygen atoms in total. The second-order valence-corrected chi connectivity index (χ2v) is 6.16. The molecular weight excluding hydrogens is 306 g/mol. The first-order valence-corrected chi connectivity index (χ1v) is 8.36. The monoisotopic (exact) mass is 327 g/mol. The molecular formula is C18H21N3O3. The Bertz CT molecular complexity index is 691. The van der Waals surface area contributed by atoms with Gasteiger partial charge in [0, 0.05) is 5.92 Å². The molecule has 0 saturated heterocycles. The summed E-state index contributed by atoms with van der Waals surface area (Å²) in [5.74, 6) is -0.543. The van der Waals surface area contributed by atoms with Crippen LogP contribution in [0.2, 0.25) is 0 Å². The van der Waals surface area contributed by atoms with Gasteiger partial charge >= 0.3 is 5.97 Å². The van der Waals surface area contributed by atoms with E-state index in [9.17, 15) is 9.59 Å². The Hall–Kier alpha value is -2.50. The highest BCUT2D eigenvalue weighted by molar-refractivity contribution is 5.90. The van der Waals surface area contributed by atoms with Gasteiger partial charge in [-0.3, -0.25) is 4.79 Å². The molecule has 0 atom stereocenters. The third kappa shape index (κ3) is 4.28. The number of hydrogen-bond donors (Lipinski definition) is 0. The fourth-order valence-corrected chi connectivity index (χ4v) is 2.99. The Kier molecular flexibility index (Phi) is 5.36. The molecule has 1 aliphatic rings. The van der Waals surface area contributed by atoms with Gasteiger partial charge in [-0.15, -0.1) is 5.10 Å². The average Bonchev–Trinajstić information content (AvgIpc) is 3.09. The van der Waals surface area contributed by atoms with Crippen molar-refractivity contribution in [2.75, 3.05) is 6.61 Å². The molecule has 1 heterocycles. The standard InChI is InChI=1S/C18H21N3O3/c22-17(15-9-5-2-6-10-15)13-24-18(23)16-12-21(20-19-16)11-14-7-3-1-4-8-14/h1,3-4,7-8,12,15H,2,5-6,9-11,13H2. The number of ether oxygens (including phenoxy) is 1. The van der Waals surface area contributed by atoms with Gasteiger partial charge in [0.1, 0.15) is 0 Å². The fourth-order valence-electron chi connectivity index (χ4n) is 2.99. The predicted molar refractivity (Wildman–Crippen MR) is 87.4 cm³/mol. The maximum absolute atomic E-state index is 12.1. The summed E-state index contributed by atoms with van der Waals surface area (Å²) in [5.41, 5.74) is 1.19. The molecule has 1 saturated carbocycles. The van der Waals surface area contributed by atoms with Crippen molar-refractivity contribution in [3.05, 3.63) is 47.8 Å². The van der Waals surface area contributed by atoms with E-state index in [0.29, 0.717) is 6.54 Å². The van der Waals surface area contributed by atoms with Crippen LogP contribution >= 0.6 is 0 Å². The zero-order chi connectivity index (χ0) is 16.8. The molecule has 24 heavy (non-hydrogen) atoms. The third-order valence-corrected chi connectivity index (χ3v) is 4.34. The van der Waals surface area contributed by atoms with E-state index >= 15 is 0 Å². The van der Waals surface area contributed by atoms with E-state index in [2.05, 4.69) is 10.3 Å². The number of Topliss-reactive ketones (excluding diaryl/α,β-unsaturated/α-hetero) is 1. The van der Waals surface area contributed by atoms with Gasteiger partial charge in [0.15, 0.2) is 18.1 Å². The topological polar surface area (TPSA) is 74.1 Å². The highest BCUT2D eigenvalue weighted by Crippen LogP contribution is 2.24. The lowest BCUT2D eigenvalue weighted by Gasteiger charge is -2.19. The maximum Gasteiger partial charge on any atom is 0.360 e. The lowest BCUT2D eigenvalue weighted by atomic mass is 9.86. The van der Waals surface area contributed by atoms with E-state index in [1.165, 1.54) is 6.42 Å². The number of aromatic nitrogens is 3. The molecule has 1 aromatic heterocycles. The largest absolute Gasteiger partial charge is 0.453 e. The second-order valence-electron chi connectivity index (χ2n) is 6.16. The number of nitrogens with zero attached hydrogens (tertiary/aromatic N) is 3. The predicted octanol–water partition coefficient (Wildman–Crippen LogP) is 2.63. The van der Waals surface area contributed by atoms with E-state index < -0.39 is 5.97 Å². The van der Waals surface area contributed by atoms with Gasteiger partial charge < -0.3 is 4.74 Å². The quantitative estimate of drug-likeness (QED) is 0.763. The molecule has 0 unspecified atom stereocenters. The van der Waals surface area contributed by atoms with Crippen molar-refractivity contribution in [2.45, 2.75) is 38.6 Å². The van der Waals surface area contributed by atoms with Gasteiger partial charge in [-0.1, -0.05) is 54.8 Å². The minimum absolute atomic E-state index is 0.0136. The zero-order valence-electron chi connectivity index (χ0n) is 13.6. The van der Waals surface area contributed by atoms with Crippen LogP contribution in [-0.4, -0.2) is 33.4 Å². The van der Waals surface area contributed by atoms with Gasteiger partial charge in [-0.25, -0.2) is 9.48 Å². The van der Waals surface area contributed by atoms with Gasteiger partial charge in [-0.05, 0) is 18.4 Å². The molecule has 0 bridgehead atoms. The van der Waals surface area contributed by atoms with Crippen molar-refractivity contribution < 1.29 is 14.3 Å². The van der Waals surface area contributed by atoms with E-state index in [-0.39, 0.29) is 24.0 Å². The number of rotatable bonds is 6. The van der Waals surface area contributed by atoms with Crippen molar-refractivity contribution in [1.82, 2.24) is 15.0 Å². The summed E-state index contributed by atoms with van der Waals surface area (Å²) < 4.78 is 6.68. The number of carbonyl (C=O) groups excluding carboxylic acids is 2. The van der Waals surface area contributed by atoms with Crippen molar-refractivity contribution in [1.29, 1.82) is 0 Å². The Morgan fingerprint density at radius 1 is 1.12 bits per heavy atom. The summed E-state index contributed by atoms with van der Waals surface area (Å²) in [5, 5.41) is 7.76. The molecule has 1 fully saturated rings. The molecule has 0 spiro atoms. The lowest BCUT2D eigenvalue weighted by molar-refractivity contribution is -0.126. The number of ketones is 1. The summed E-state index contributed by atoms with van der Waals surface area (Å²) in [6.45, 7) is 0.358. The van der Waals surface area contributed by atoms with E-state index in [0.717, 1.165) is 31.2 Å². The van der Waals surface area contributed by atoms with Gasteiger partial charge in [-0.2, -0.15) is 0 Å². The molecule has 6 heteroatoms. The van der Waals surface area contributed by atoms with Crippen LogP contribution in [0.1, 0.15) is 48.2 Å². The molecule has 0 N–H and O–H groups in total. The fraction of sp³-hybridized carbons (Fsp3) is 0.444. The average molecular weight is 327 g/mol. The van der Waals surface area contributed by atoms with Gasteiger partial charge in [0.2, 0.25) is 0 Å². The van der Waals surface area contributed by atoms with E-state index in [1.54, 1.807) is 10.9 Å². The smallest absolute Gasteiger partial charge is 0.360 e. The minimum Gasteiger partial charge on any atom is -0.453 e. The van der Waals surface area contributed by atoms with Crippen molar-refractivity contribution in [3.63, 3.8) is 0 Å². The molecule has 0 aliphatic heterocycles. The van der Waals surface area contributed by atoms with Crippen molar-refractivity contribution in [2.24, 2.45) is 5.92 Å². The summed E-state index contributed by atoms with van der Waals surface area (Å²) in [4.78, 5) is 24.1. The van der Waals surface area contributed by atoms with E-state index in [1.807, 2.05) is 30.3 Å². The van der Waals surface area contributed by atoms with Crippen LogP contribution in [0.3, 0.4) is 0 Å². The van der Waals surface area contributed by atoms with Crippen molar-refractivity contribution in [3.8, 4) is 0 Å². The first-order chi connectivity index (χ1) is 11.7. The molecule has 0 amide bonds. The Morgan fingerprint density at radius 3 is 2.62 bits per heavy atom. The molecule has 3 rings (SSSR count). The van der Waals surface area contributed by atoms with Crippen LogP contribution in [0.4, 0.5) is 0 Å². The first kappa shape index (κ1) is 16.4. The SMILES string of the molecule is O=C(OCC(=O)C1CCCCC1)c1cn(Cc2ccccc2)nn1. The molecule has 0 radical (unpaired) electrons. The molecule has 1 aromatic carbocycles. The summed E-state index contributed by atoms with van der Waals surface area (Å²) in [7, 11) is 0. The zero-order valence-corrected chi connectivity index (χ0v) is 13.6. The number of hydrogen-bond acceptors (Lipinski definition) is 5. The highest BCUT2D eigenvalue weighted by atomic mass is 16.5. The summed E-state index contributed by atoms with van der Waals surface area (Å²) in [6, 6.07) is 9.78. The summed E-state index contributed by atoms with van der Waals surface area (Å²) in [6.07, 6.45) is 6.71. The number of benzene rings is 1. The minimum atomic E-state index is -0.599. The second kappa shape index (κ2) is 7.86. The van der Waals surface area contributed by atoms with Crippen LogP contribution in [0.25, 0.3) is 0 Å². The van der Waals surface area contributed by atoms with Crippen molar-refractivity contribution >= 4 is 11.8 Å². The van der Waals surface area contributed by atoms with Crippen LogP contribution in [0.15, 0.2) is 36.5 Å². The molecule has 1 aliphatic carbocycles. The maximum atomic E-state index is 12.1. The van der Waals surface area contributed by atoms with E-state index in [4.69, 9.17) is 4.74 Å². The molecule has 126 valence electrons. The Morgan fingerprint density at radius 2 is 1.88 bits per heavy atom. The van der Waals surface area contributed by atoms with Crippen LogP contribution in [-0.2, 0) is 16.1 Å². The van der Waals surface area contributed by atoms with Crippen LogP contribution < -0.4 is 0 Å². The highest BCUT2D eigenvalue weighted by Gasteiger charge is 2.23. The lowest BCUT2D eigenvalue weighted by Crippen LogP contribution is -2.24. The number of esters is 1. The van der Waals surface area contributed by atoms with Gasteiger partial charge in [0.05, 0.1) is 12.7 Å². The Labute approximate surface area is 140 Å². The number of carbonyl (C=O) groups is 2. The Balaban J connectivity index is 1.51.